The van der Waals surface area contributed by atoms with Gasteiger partial charge in [-0.25, -0.2) is 24.9 Å². The maximum Gasteiger partial charge on any atom is 0.237 e. The van der Waals surface area contributed by atoms with Crippen molar-refractivity contribution in [2.45, 2.75) is 0 Å². The minimum absolute atomic E-state index is 0.669. The summed E-state index contributed by atoms with van der Waals surface area (Å²) in [5, 5.41) is 18.0. The zero-order valence-electron chi connectivity index (χ0n) is 75.3. The number of rotatable bonds is 8. The lowest BCUT2D eigenvalue weighted by Crippen LogP contribution is -2.18. The zero-order chi connectivity index (χ0) is 92.2. The van der Waals surface area contributed by atoms with Crippen LogP contribution in [0, 0.1) is 0 Å². The molecule has 0 bridgehead atoms. The summed E-state index contributed by atoms with van der Waals surface area (Å²) < 4.78 is 14.0. The van der Waals surface area contributed by atoms with E-state index in [1.54, 1.807) is 34.0 Å². The van der Waals surface area contributed by atoms with E-state index >= 15 is 0 Å². The molecule has 12 nitrogen and oxygen atoms in total. The number of para-hydroxylation sites is 9. The molecule has 0 radical (unpaired) electrons. The van der Waals surface area contributed by atoms with Crippen LogP contribution in [0.4, 0.5) is 52.0 Å². The Balaban J connectivity index is 0.0000000994. The third kappa shape index (κ3) is 12.0. The van der Waals surface area contributed by atoms with Gasteiger partial charge in [-0.1, -0.05) is 328 Å². The molecular weight excluding hydrogens is 1780 g/mol. The van der Waals surface area contributed by atoms with Crippen molar-refractivity contribution in [1.82, 2.24) is 43.6 Å². The molecule has 3 aliphatic rings. The van der Waals surface area contributed by atoms with E-state index in [0.29, 0.717) is 17.8 Å². The smallest absolute Gasteiger partial charge is 0.237 e. The van der Waals surface area contributed by atoms with Gasteiger partial charge >= 0.3 is 0 Å². The number of nitrogens with zero attached hydrogens (tertiary/aromatic N) is 12. The van der Waals surface area contributed by atoms with Gasteiger partial charge in [-0.05, 0) is 154 Å². The van der Waals surface area contributed by atoms with Crippen molar-refractivity contribution in [3.05, 3.63) is 449 Å². The average Bonchev–Trinajstić information content (AvgIpc) is 1.67. The molecule has 29 aromatic rings. The van der Waals surface area contributed by atoms with E-state index < -0.39 is 0 Å². The lowest BCUT2D eigenvalue weighted by molar-refractivity contribution is 1.04. The highest BCUT2D eigenvalue weighted by atomic mass is 32.1. The van der Waals surface area contributed by atoms with E-state index in [1.807, 2.05) is 0 Å². The van der Waals surface area contributed by atoms with Gasteiger partial charge in [0.15, 0.2) is 5.82 Å². The predicted molar refractivity (Wildman–Crippen MR) is 592 cm³/mol. The molecule has 141 heavy (non-hydrogen) atoms. The number of hydrogen-bond acceptors (Lipinski definition) is 12. The first kappa shape index (κ1) is 79.1. The highest BCUT2D eigenvalue weighted by Gasteiger charge is 2.35. The Bertz CT molecular complexity index is 10300. The third-order valence-corrected chi connectivity index (χ3v) is 32.1. The molecule has 0 amide bonds. The molecule has 15 heteroatoms. The van der Waals surface area contributed by atoms with Crippen LogP contribution in [0.25, 0.3) is 232 Å². The molecule has 0 unspecified atom stereocenters. The molecule has 20 aromatic carbocycles. The Labute approximate surface area is 818 Å². The first-order valence-electron chi connectivity index (χ1n) is 47.5. The number of hydrogen-bond donors (Lipinski definition) is 0. The van der Waals surface area contributed by atoms with Gasteiger partial charge in [0.2, 0.25) is 17.8 Å². The van der Waals surface area contributed by atoms with Crippen LogP contribution < -0.4 is 14.7 Å². The summed E-state index contributed by atoms with van der Waals surface area (Å²) in [4.78, 5) is 39.6. The topological polar surface area (TPSA) is 102 Å². The van der Waals surface area contributed by atoms with Crippen LogP contribution in [0.15, 0.2) is 449 Å². The van der Waals surface area contributed by atoms with Gasteiger partial charge in [-0.15, -0.1) is 34.0 Å². The highest BCUT2D eigenvalue weighted by molar-refractivity contribution is 7.27. The van der Waals surface area contributed by atoms with Gasteiger partial charge in [0, 0.05) is 118 Å². The normalized spacial score (nSPS) is 12.5. The summed E-state index contributed by atoms with van der Waals surface area (Å²) in [5.74, 6) is 2.92. The van der Waals surface area contributed by atoms with Crippen molar-refractivity contribution < 1.29 is 0 Å². The Kier molecular flexibility index (Phi) is 17.5. The van der Waals surface area contributed by atoms with Crippen molar-refractivity contribution in [3.8, 4) is 73.1 Å². The molecule has 12 heterocycles. The van der Waals surface area contributed by atoms with Gasteiger partial charge in [-0.2, -0.15) is 4.98 Å². The Morgan fingerprint density at radius 1 is 0.184 bits per heavy atom. The van der Waals surface area contributed by atoms with E-state index in [1.165, 1.54) is 129 Å². The van der Waals surface area contributed by atoms with E-state index in [0.717, 1.165) is 137 Å². The Morgan fingerprint density at radius 3 is 0.915 bits per heavy atom. The van der Waals surface area contributed by atoms with E-state index in [4.69, 9.17) is 29.9 Å². The SMILES string of the molecule is c1ccc(-n2c3ccccc3c3cc(-c4nc(N5c6ccccc6-c6cccc7cccc5c67)nc5c4sc4ccccc45)ccc32)cc1.c1ccc(-n2c3ccccc3c3ccc(-c4nc(N5c6ccccc6-c6cccc7cccc5c67)nc5c4sc4ccccc45)cc32)cc1.c1ccc2c(c1)-c1cccc3cccc(c13)N2c1nc(-n2c3ccccc3c3ccccc32)c2sc3ccccc3c2n1. The molecule has 32 rings (SSSR count). The number of fused-ring (bicyclic) bond motifs is 24. The van der Waals surface area contributed by atoms with Gasteiger partial charge < -0.3 is 9.13 Å². The molecule has 3 aliphatic heterocycles. The van der Waals surface area contributed by atoms with Crippen LogP contribution in [-0.2, 0) is 0 Å². The molecular formula is C126H74N12S3. The second-order valence-corrected chi connectivity index (χ2v) is 39.4. The van der Waals surface area contributed by atoms with Crippen molar-refractivity contribution in [2.24, 2.45) is 0 Å². The first-order valence-corrected chi connectivity index (χ1v) is 49.9. The fraction of sp³-hybridized carbons (Fsp3) is 0. The summed E-state index contributed by atoms with van der Waals surface area (Å²) >= 11 is 5.30. The minimum Gasteiger partial charge on any atom is -0.309 e. The Morgan fingerprint density at radius 2 is 0.482 bits per heavy atom. The summed E-state index contributed by atoms with van der Waals surface area (Å²) in [6, 6.07) is 160. The molecule has 0 aliphatic carbocycles. The van der Waals surface area contributed by atoms with Gasteiger partial charge in [-0.3, -0.25) is 19.3 Å². The van der Waals surface area contributed by atoms with Crippen molar-refractivity contribution in [1.29, 1.82) is 0 Å². The fourth-order valence-electron chi connectivity index (χ4n) is 22.6. The molecule has 0 spiro atoms. The average molecular weight is 1850 g/mol. The number of benzene rings is 20. The monoisotopic (exact) mass is 1850 g/mol. The predicted octanol–water partition coefficient (Wildman–Crippen LogP) is 35.0. The molecule has 0 saturated carbocycles. The number of anilines is 9. The molecule has 0 saturated heterocycles. The number of thiophene rings is 3. The van der Waals surface area contributed by atoms with Crippen molar-refractivity contribution in [3.63, 3.8) is 0 Å². The van der Waals surface area contributed by atoms with Crippen LogP contribution >= 0.6 is 34.0 Å². The van der Waals surface area contributed by atoms with Crippen LogP contribution in [-0.4, -0.2) is 43.6 Å². The fourth-order valence-corrected chi connectivity index (χ4v) is 26.0. The lowest BCUT2D eigenvalue weighted by Gasteiger charge is -2.32. The van der Waals surface area contributed by atoms with Crippen LogP contribution in [0.1, 0.15) is 0 Å². The van der Waals surface area contributed by atoms with Crippen LogP contribution in [0.3, 0.4) is 0 Å². The molecule has 656 valence electrons. The van der Waals surface area contributed by atoms with Crippen molar-refractivity contribution in [2.75, 3.05) is 14.7 Å². The van der Waals surface area contributed by atoms with E-state index in [-0.39, 0.29) is 0 Å². The van der Waals surface area contributed by atoms with Gasteiger partial charge in [0.1, 0.15) is 0 Å². The summed E-state index contributed by atoms with van der Waals surface area (Å²) in [7, 11) is 0. The van der Waals surface area contributed by atoms with Crippen LogP contribution in [0.5, 0.6) is 0 Å². The minimum atomic E-state index is 0.669. The van der Waals surface area contributed by atoms with Gasteiger partial charge in [0.05, 0.1) is 109 Å². The van der Waals surface area contributed by atoms with E-state index in [2.05, 4.69) is 477 Å². The molecule has 0 atom stereocenters. The third-order valence-electron chi connectivity index (χ3n) is 28.6. The van der Waals surface area contributed by atoms with Crippen molar-refractivity contribution >= 4 is 245 Å². The standard InChI is InChI=1S/2C44H26N4S.C38H22N4S/c1-2-14-29(15-3-1)47-35-20-7-5-17-31(35)34-26-28(24-25-37(34)47)41-43-42(33-18-6-9-23-39(33)49-43)46-44(45-41)48-36-21-8-4-16-30(36)32-19-10-12-27-13-11-22-38(48)40(27)32;1-2-14-29(15-3-1)47-35-20-7-4-16-30(35)32-25-24-28(26-38(32)47)41-43-42(34-18-6-9-23-39(34)49-43)46-44(45-41)48-36-21-8-5-17-31(36)33-19-10-12-27-13-11-22-37(48)40(27)33;1-5-18-29-24(13-1)25-14-2-6-19-30(25)41(29)37-36-35(28-16-4-8-22-33(28)43-36)39-38(40-37)42-31-20-7-3-15-26(31)27-17-9-11-23-12-10-21-32(42)34(23)27/h2*1-26H;1-22H. The highest BCUT2D eigenvalue weighted by Crippen LogP contribution is 2.57. The maximum absolute atomic E-state index is 5.53. The largest absolute Gasteiger partial charge is 0.309 e. The molecule has 0 N–H and O–H groups in total. The molecule has 9 aromatic heterocycles. The zero-order valence-corrected chi connectivity index (χ0v) is 77.8. The summed E-state index contributed by atoms with van der Waals surface area (Å²) in [5.41, 5.74) is 30.0. The second kappa shape index (κ2) is 31.2. The number of aromatic nitrogens is 9. The summed E-state index contributed by atoms with van der Waals surface area (Å²) in [6.07, 6.45) is 0. The lowest BCUT2D eigenvalue weighted by atomic mass is 9.91. The van der Waals surface area contributed by atoms with E-state index in [9.17, 15) is 0 Å². The second-order valence-electron chi connectivity index (χ2n) is 36.2. The summed E-state index contributed by atoms with van der Waals surface area (Å²) in [6.45, 7) is 0. The van der Waals surface area contributed by atoms with Crippen LogP contribution in [0.2, 0.25) is 0 Å². The first-order chi connectivity index (χ1) is 70.0. The maximum atomic E-state index is 5.53. The Hall–Kier alpha value is -18.1. The molecule has 0 fully saturated rings. The van der Waals surface area contributed by atoms with Gasteiger partial charge in [0.25, 0.3) is 0 Å². The quantitative estimate of drug-likeness (QED) is 0.147.